The molecule has 0 unspecified atom stereocenters. The van der Waals surface area contributed by atoms with Crippen LogP contribution in [0.2, 0.25) is 15.2 Å². The molecule has 0 aromatic carbocycles. The van der Waals surface area contributed by atoms with Crippen molar-refractivity contribution in [2.24, 2.45) is 0 Å². The van der Waals surface area contributed by atoms with Crippen molar-refractivity contribution < 1.29 is 4.79 Å². The summed E-state index contributed by atoms with van der Waals surface area (Å²) in [7, 11) is 0. The van der Waals surface area contributed by atoms with Gasteiger partial charge in [-0.15, -0.1) is 0 Å². The summed E-state index contributed by atoms with van der Waals surface area (Å²) < 4.78 is 1.64. The van der Waals surface area contributed by atoms with Crippen LogP contribution in [0, 0.1) is 27.7 Å². The summed E-state index contributed by atoms with van der Waals surface area (Å²) in [4.78, 5) is 25.4. The normalized spacial score (nSPS) is 11.0. The van der Waals surface area contributed by atoms with Gasteiger partial charge in [-0.3, -0.25) is 4.79 Å². The molecule has 0 bridgehead atoms. The van der Waals surface area contributed by atoms with E-state index in [2.05, 4.69) is 25.4 Å². The lowest BCUT2D eigenvalue weighted by Crippen LogP contribution is -2.17. The number of amides is 1. The van der Waals surface area contributed by atoms with Gasteiger partial charge in [-0.1, -0.05) is 34.8 Å². The Morgan fingerprint density at radius 2 is 1.64 bits per heavy atom. The summed E-state index contributed by atoms with van der Waals surface area (Å²) in [5.41, 5.74) is 3.95. The van der Waals surface area contributed by atoms with E-state index in [9.17, 15) is 4.79 Å². The maximum absolute atomic E-state index is 12.5. The number of hydrogen-bond donors (Lipinski definition) is 1. The lowest BCUT2D eigenvalue weighted by atomic mass is 10.1. The highest BCUT2D eigenvalue weighted by molar-refractivity contribution is 6.43. The number of nitrogens with zero attached hydrogens (tertiary/aromatic N) is 5. The SMILES string of the molecule is Cc1cc(C)nc(-n2nc(C)c(CC(=O)Nc3nc(Cl)c(Cl)cc3Cl)c2C)n1. The average molecular weight is 440 g/mol. The minimum atomic E-state index is -0.306. The third-order valence-corrected chi connectivity index (χ3v) is 5.04. The summed E-state index contributed by atoms with van der Waals surface area (Å²) in [6.07, 6.45) is 0.0840. The van der Waals surface area contributed by atoms with E-state index in [4.69, 9.17) is 34.8 Å². The molecule has 7 nitrogen and oxygen atoms in total. The number of nitrogens with one attached hydrogen (secondary N) is 1. The molecular weight excluding hydrogens is 423 g/mol. The van der Waals surface area contributed by atoms with Crippen molar-refractivity contribution in [3.05, 3.63) is 55.7 Å². The van der Waals surface area contributed by atoms with Gasteiger partial charge < -0.3 is 5.32 Å². The van der Waals surface area contributed by atoms with Crippen molar-refractivity contribution in [2.45, 2.75) is 34.1 Å². The van der Waals surface area contributed by atoms with Gasteiger partial charge in [-0.05, 0) is 39.8 Å². The fraction of sp³-hybridized carbons (Fsp3) is 0.278. The Morgan fingerprint density at radius 3 is 2.29 bits per heavy atom. The van der Waals surface area contributed by atoms with Gasteiger partial charge in [0.2, 0.25) is 5.91 Å². The van der Waals surface area contributed by atoms with Crippen LogP contribution in [0.15, 0.2) is 12.1 Å². The van der Waals surface area contributed by atoms with E-state index < -0.39 is 0 Å². The van der Waals surface area contributed by atoms with E-state index >= 15 is 0 Å². The number of pyridine rings is 1. The number of carbonyl (C=O) groups excluding carboxylic acids is 1. The minimum absolute atomic E-state index is 0.0634. The van der Waals surface area contributed by atoms with E-state index in [0.29, 0.717) is 11.6 Å². The number of hydrogen-bond acceptors (Lipinski definition) is 5. The summed E-state index contributed by atoms with van der Waals surface area (Å²) in [6, 6.07) is 3.32. The van der Waals surface area contributed by atoms with Crippen LogP contribution in [0.5, 0.6) is 0 Å². The number of aromatic nitrogens is 5. The van der Waals surface area contributed by atoms with Crippen LogP contribution >= 0.6 is 34.8 Å². The van der Waals surface area contributed by atoms with Crippen molar-refractivity contribution >= 4 is 46.5 Å². The molecule has 3 heterocycles. The molecule has 28 heavy (non-hydrogen) atoms. The quantitative estimate of drug-likeness (QED) is 0.608. The highest BCUT2D eigenvalue weighted by Crippen LogP contribution is 2.29. The smallest absolute Gasteiger partial charge is 0.251 e. The summed E-state index contributed by atoms with van der Waals surface area (Å²) in [5.74, 6) is 0.320. The Kier molecular flexibility index (Phi) is 5.88. The molecule has 3 aromatic heterocycles. The molecule has 0 aliphatic heterocycles. The van der Waals surface area contributed by atoms with E-state index in [1.165, 1.54) is 6.07 Å². The van der Waals surface area contributed by atoms with Gasteiger partial charge >= 0.3 is 0 Å². The largest absolute Gasteiger partial charge is 0.309 e. The van der Waals surface area contributed by atoms with Crippen LogP contribution < -0.4 is 5.32 Å². The zero-order chi connectivity index (χ0) is 20.6. The maximum atomic E-state index is 12.5. The van der Waals surface area contributed by atoms with Gasteiger partial charge in [0.05, 0.1) is 22.2 Å². The molecule has 10 heteroatoms. The first kappa shape index (κ1) is 20.5. The number of carbonyl (C=O) groups is 1. The molecular formula is C18H17Cl3N6O. The molecule has 3 aromatic rings. The summed E-state index contributed by atoms with van der Waals surface area (Å²) in [5, 5.41) is 7.63. The molecule has 0 spiro atoms. The number of anilines is 1. The van der Waals surface area contributed by atoms with Crippen molar-refractivity contribution in [2.75, 3.05) is 5.32 Å². The zero-order valence-electron chi connectivity index (χ0n) is 15.6. The predicted molar refractivity (Wildman–Crippen MR) is 110 cm³/mol. The molecule has 0 saturated heterocycles. The van der Waals surface area contributed by atoms with E-state index in [1.54, 1.807) is 4.68 Å². The first-order chi connectivity index (χ1) is 13.2. The Bertz CT molecular complexity index is 1060. The molecule has 0 aliphatic rings. The summed E-state index contributed by atoms with van der Waals surface area (Å²) in [6.45, 7) is 7.49. The molecule has 3 rings (SSSR count). The van der Waals surface area contributed by atoms with Gasteiger partial charge in [-0.25, -0.2) is 19.6 Å². The summed E-state index contributed by atoms with van der Waals surface area (Å²) >= 11 is 17.8. The molecule has 0 saturated carbocycles. The van der Waals surface area contributed by atoms with E-state index in [0.717, 1.165) is 22.6 Å². The fourth-order valence-corrected chi connectivity index (χ4v) is 3.34. The minimum Gasteiger partial charge on any atom is -0.309 e. The molecule has 1 N–H and O–H groups in total. The van der Waals surface area contributed by atoms with Crippen LogP contribution in [0.3, 0.4) is 0 Å². The van der Waals surface area contributed by atoms with Crippen molar-refractivity contribution in [1.82, 2.24) is 24.7 Å². The van der Waals surface area contributed by atoms with Crippen molar-refractivity contribution in [1.29, 1.82) is 0 Å². The predicted octanol–water partition coefficient (Wildman–Crippen LogP) is 4.43. The Hall–Kier alpha value is -2.22. The monoisotopic (exact) mass is 438 g/mol. The second-order valence-electron chi connectivity index (χ2n) is 6.33. The number of rotatable bonds is 4. The van der Waals surface area contributed by atoms with Crippen LogP contribution in [-0.4, -0.2) is 30.6 Å². The van der Waals surface area contributed by atoms with E-state index in [1.807, 2.05) is 33.8 Å². The first-order valence-corrected chi connectivity index (χ1v) is 9.48. The molecule has 0 fully saturated rings. The highest BCUT2D eigenvalue weighted by Gasteiger charge is 2.19. The second kappa shape index (κ2) is 8.03. The van der Waals surface area contributed by atoms with Crippen LogP contribution in [0.25, 0.3) is 5.95 Å². The Morgan fingerprint density at radius 1 is 1.00 bits per heavy atom. The van der Waals surface area contributed by atoms with E-state index in [-0.39, 0.29) is 33.3 Å². The van der Waals surface area contributed by atoms with Crippen molar-refractivity contribution in [3.63, 3.8) is 0 Å². The average Bonchev–Trinajstić information content (AvgIpc) is 2.87. The van der Waals surface area contributed by atoms with Gasteiger partial charge in [-0.2, -0.15) is 5.10 Å². The van der Waals surface area contributed by atoms with Crippen molar-refractivity contribution in [3.8, 4) is 5.95 Å². The van der Waals surface area contributed by atoms with Gasteiger partial charge in [0.1, 0.15) is 5.15 Å². The topological polar surface area (TPSA) is 85.6 Å². The molecule has 0 aliphatic carbocycles. The van der Waals surface area contributed by atoms with Gasteiger partial charge in [0, 0.05) is 22.6 Å². The Labute approximate surface area is 177 Å². The van der Waals surface area contributed by atoms with Crippen LogP contribution in [0.1, 0.15) is 28.3 Å². The number of halogens is 3. The van der Waals surface area contributed by atoms with Gasteiger partial charge in [0.15, 0.2) is 5.82 Å². The molecule has 0 radical (unpaired) electrons. The molecule has 146 valence electrons. The molecule has 1 amide bonds. The second-order valence-corrected chi connectivity index (χ2v) is 7.50. The lowest BCUT2D eigenvalue weighted by Gasteiger charge is -2.08. The van der Waals surface area contributed by atoms with Gasteiger partial charge in [0.25, 0.3) is 5.95 Å². The van der Waals surface area contributed by atoms with Crippen LogP contribution in [0.4, 0.5) is 5.82 Å². The highest BCUT2D eigenvalue weighted by atomic mass is 35.5. The Balaban J connectivity index is 1.86. The number of aryl methyl sites for hydroxylation is 3. The fourth-order valence-electron chi connectivity index (χ4n) is 2.80. The molecule has 0 atom stereocenters. The standard InChI is InChI=1S/C18H17Cl3N6O/c1-8-5-9(2)23-18(22-8)27-11(4)12(10(3)26-27)6-15(28)24-17-14(20)7-13(19)16(21)25-17/h5,7H,6H2,1-4H3,(H,24,25,28). The zero-order valence-corrected chi connectivity index (χ0v) is 17.9. The van der Waals surface area contributed by atoms with Crippen LogP contribution in [-0.2, 0) is 11.2 Å². The maximum Gasteiger partial charge on any atom is 0.251 e. The third-order valence-electron chi connectivity index (χ3n) is 4.08. The lowest BCUT2D eigenvalue weighted by molar-refractivity contribution is -0.115. The third kappa shape index (κ3) is 4.27. The first-order valence-electron chi connectivity index (χ1n) is 8.35.